The Morgan fingerprint density at radius 3 is 2.85 bits per heavy atom. The molecule has 2 rings (SSSR count). The summed E-state index contributed by atoms with van der Waals surface area (Å²) < 4.78 is 7.07. The Labute approximate surface area is 84.1 Å². The molecule has 0 spiro atoms. The van der Waals surface area contributed by atoms with E-state index in [1.807, 2.05) is 13.8 Å². The van der Waals surface area contributed by atoms with Crippen molar-refractivity contribution in [1.82, 2.24) is 0 Å². The first-order valence-corrected chi connectivity index (χ1v) is 6.24. The quantitative estimate of drug-likeness (QED) is 0.732. The van der Waals surface area contributed by atoms with Crippen molar-refractivity contribution >= 4 is 24.1 Å². The molecule has 0 radical (unpaired) electrons. The summed E-state index contributed by atoms with van der Waals surface area (Å²) in [5.41, 5.74) is 0. The third-order valence-electron chi connectivity index (χ3n) is 1.80. The van der Waals surface area contributed by atoms with Gasteiger partial charge in [-0.05, 0) is 0 Å². The van der Waals surface area contributed by atoms with Gasteiger partial charge in [-0.15, -0.1) is 0 Å². The van der Waals surface area contributed by atoms with E-state index in [9.17, 15) is 0 Å². The summed E-state index contributed by atoms with van der Waals surface area (Å²) in [6, 6.07) is 8.55. The predicted molar refractivity (Wildman–Crippen MR) is 56.7 cm³/mol. The van der Waals surface area contributed by atoms with Gasteiger partial charge in [0.05, 0.1) is 0 Å². The van der Waals surface area contributed by atoms with E-state index in [0.717, 1.165) is 5.75 Å². The number of hydrogen-bond donors (Lipinski definition) is 0. The average molecular weight is 239 g/mol. The zero-order valence-electron chi connectivity index (χ0n) is 7.78. The first-order chi connectivity index (χ1) is 6.25. The van der Waals surface area contributed by atoms with Crippen LogP contribution in [0.25, 0.3) is 9.65 Å². The van der Waals surface area contributed by atoms with E-state index in [0.29, 0.717) is 14.5 Å². The summed E-state index contributed by atoms with van der Waals surface area (Å²) in [5, 5.41) is 1.33. The number of hydrogen-bond acceptors (Lipinski definition) is 1. The molecular formula is C11H12OSe. The van der Waals surface area contributed by atoms with Crippen LogP contribution in [-0.4, -0.2) is 20.6 Å². The molecule has 1 nitrogen and oxygen atoms in total. The third-order valence-corrected chi connectivity index (χ3v) is 3.68. The topological polar surface area (TPSA) is 9.23 Å². The zero-order chi connectivity index (χ0) is 9.26. The molecule has 0 atom stereocenters. The first-order valence-electron chi connectivity index (χ1n) is 4.39. The maximum atomic E-state index is 5.61. The van der Waals surface area contributed by atoms with E-state index in [-0.39, 0.29) is 6.10 Å². The Kier molecular flexibility index (Phi) is 2.43. The van der Waals surface area contributed by atoms with E-state index in [4.69, 9.17) is 4.74 Å². The van der Waals surface area contributed by atoms with Gasteiger partial charge in [-0.3, -0.25) is 0 Å². The van der Waals surface area contributed by atoms with Gasteiger partial charge in [0.15, 0.2) is 0 Å². The fourth-order valence-electron chi connectivity index (χ4n) is 1.29. The molecule has 0 fully saturated rings. The van der Waals surface area contributed by atoms with E-state index >= 15 is 0 Å². The van der Waals surface area contributed by atoms with E-state index in [1.54, 1.807) is 0 Å². The summed E-state index contributed by atoms with van der Waals surface area (Å²) in [7, 11) is 0. The molecule has 68 valence electrons. The molecule has 0 unspecified atom stereocenters. The van der Waals surface area contributed by atoms with Gasteiger partial charge in [-0.25, -0.2) is 0 Å². The van der Waals surface area contributed by atoms with Gasteiger partial charge in [-0.2, -0.15) is 0 Å². The van der Waals surface area contributed by atoms with Crippen LogP contribution >= 0.6 is 0 Å². The van der Waals surface area contributed by atoms with Gasteiger partial charge >= 0.3 is 83.8 Å². The van der Waals surface area contributed by atoms with Crippen LogP contribution in [0.5, 0.6) is 5.75 Å². The third kappa shape index (κ3) is 1.96. The van der Waals surface area contributed by atoms with Gasteiger partial charge in [0.2, 0.25) is 0 Å². The van der Waals surface area contributed by atoms with E-state index < -0.39 is 0 Å². The number of ether oxygens (including phenoxy) is 1. The van der Waals surface area contributed by atoms with Gasteiger partial charge < -0.3 is 0 Å². The van der Waals surface area contributed by atoms with Gasteiger partial charge in [0.25, 0.3) is 0 Å². The van der Waals surface area contributed by atoms with Crippen LogP contribution in [0, 0.1) is 0 Å². The van der Waals surface area contributed by atoms with Crippen molar-refractivity contribution in [3.05, 3.63) is 29.2 Å². The van der Waals surface area contributed by atoms with E-state index in [2.05, 4.69) is 29.2 Å². The Balaban J connectivity index is 2.37. The summed E-state index contributed by atoms with van der Waals surface area (Å²) in [4.78, 5) is 2.25. The van der Waals surface area contributed by atoms with Crippen molar-refractivity contribution in [1.29, 1.82) is 0 Å². The normalized spacial score (nSPS) is 11.0. The molecule has 1 heterocycles. The van der Waals surface area contributed by atoms with Crippen LogP contribution < -0.4 is 4.74 Å². The van der Waals surface area contributed by atoms with Crippen molar-refractivity contribution < 1.29 is 4.74 Å². The molecule has 1 aromatic carbocycles. The molecule has 2 heteroatoms. The van der Waals surface area contributed by atoms with Crippen molar-refractivity contribution in [2.24, 2.45) is 0 Å². The molecule has 0 bridgehead atoms. The molecule has 2 aromatic rings. The Bertz CT molecular complexity index is 403. The standard InChI is InChI=1S/C11H12OSe/c1-8(2)12-10-3-4-11-9(7-10)5-6-13-11/h3-8H,1-2H3. The molecular weight excluding hydrogens is 227 g/mol. The maximum absolute atomic E-state index is 5.61. The molecule has 13 heavy (non-hydrogen) atoms. The second-order valence-electron chi connectivity index (χ2n) is 3.29. The molecule has 1 aromatic heterocycles. The SMILES string of the molecule is CC(C)Oc1ccc2[se]ccc2c1. The second kappa shape index (κ2) is 3.57. The molecule has 0 aliphatic heterocycles. The molecule has 0 saturated carbocycles. The predicted octanol–water partition coefficient (Wildman–Crippen LogP) is 2.68. The van der Waals surface area contributed by atoms with Crippen LogP contribution in [0.2, 0.25) is 0 Å². The van der Waals surface area contributed by atoms with Crippen molar-refractivity contribution in [2.75, 3.05) is 0 Å². The second-order valence-corrected chi connectivity index (χ2v) is 5.28. The van der Waals surface area contributed by atoms with E-state index in [1.165, 1.54) is 9.65 Å². The molecule has 0 amide bonds. The zero-order valence-corrected chi connectivity index (χ0v) is 9.49. The summed E-state index contributed by atoms with van der Waals surface area (Å²) >= 11 is 0.547. The molecule has 0 aliphatic carbocycles. The number of fused-ring (bicyclic) bond motifs is 1. The number of benzene rings is 1. The summed E-state index contributed by atoms with van der Waals surface area (Å²) in [6.45, 7) is 4.10. The van der Waals surface area contributed by atoms with Crippen LogP contribution in [0.3, 0.4) is 0 Å². The molecule has 0 N–H and O–H groups in total. The van der Waals surface area contributed by atoms with Crippen molar-refractivity contribution in [3.63, 3.8) is 0 Å². The Hall–Kier alpha value is -0.721. The fourth-order valence-corrected chi connectivity index (χ4v) is 2.91. The minimum absolute atomic E-state index is 0.258. The monoisotopic (exact) mass is 240 g/mol. The molecule has 0 aliphatic rings. The number of rotatable bonds is 2. The fraction of sp³-hybridized carbons (Fsp3) is 0.273. The summed E-state index contributed by atoms with van der Waals surface area (Å²) in [6.07, 6.45) is 0.258. The van der Waals surface area contributed by atoms with Gasteiger partial charge in [-0.1, -0.05) is 0 Å². The van der Waals surface area contributed by atoms with Crippen LogP contribution in [0.15, 0.2) is 29.2 Å². The average Bonchev–Trinajstić information content (AvgIpc) is 2.49. The van der Waals surface area contributed by atoms with Gasteiger partial charge in [0, 0.05) is 0 Å². The van der Waals surface area contributed by atoms with Crippen molar-refractivity contribution in [2.45, 2.75) is 20.0 Å². The van der Waals surface area contributed by atoms with Crippen molar-refractivity contribution in [3.8, 4) is 5.75 Å². The van der Waals surface area contributed by atoms with Crippen LogP contribution in [-0.2, 0) is 0 Å². The minimum atomic E-state index is 0.258. The summed E-state index contributed by atoms with van der Waals surface area (Å²) in [5.74, 6) is 0.983. The Morgan fingerprint density at radius 1 is 1.23 bits per heavy atom. The Morgan fingerprint density at radius 2 is 2.08 bits per heavy atom. The first kappa shape index (κ1) is 8.86. The van der Waals surface area contributed by atoms with Crippen LogP contribution in [0.4, 0.5) is 0 Å². The molecule has 0 saturated heterocycles. The van der Waals surface area contributed by atoms with Gasteiger partial charge in [0.1, 0.15) is 0 Å². The van der Waals surface area contributed by atoms with Crippen LogP contribution in [0.1, 0.15) is 13.8 Å².